The summed E-state index contributed by atoms with van der Waals surface area (Å²) in [5.74, 6) is 5.18. The average molecular weight is 130 g/mol. The van der Waals surface area contributed by atoms with Crippen molar-refractivity contribution >= 4 is 0 Å². The van der Waals surface area contributed by atoms with Crippen LogP contribution in [0, 0.1) is 0 Å². The van der Waals surface area contributed by atoms with E-state index in [1.54, 1.807) is 0 Å². The molecule has 1 rings (SSSR count). The Labute approximate surface area is 55.2 Å². The Morgan fingerprint density at radius 1 is 1.33 bits per heavy atom. The first-order chi connectivity index (χ1) is 4.34. The zero-order valence-corrected chi connectivity index (χ0v) is 5.51. The molecule has 0 saturated heterocycles. The number of rotatable bonds is 1. The summed E-state index contributed by atoms with van der Waals surface area (Å²) in [6.45, 7) is 0. The lowest BCUT2D eigenvalue weighted by Gasteiger charge is -2.26. The summed E-state index contributed by atoms with van der Waals surface area (Å²) in [5.41, 5.74) is 2.60. The van der Waals surface area contributed by atoms with Crippen LogP contribution in [-0.2, 0) is 0 Å². The third kappa shape index (κ3) is 1.64. The highest BCUT2D eigenvalue weighted by Gasteiger charge is 2.20. The largest absolute Gasteiger partial charge is 0.391 e. The van der Waals surface area contributed by atoms with Crippen LogP contribution in [0.1, 0.15) is 25.7 Å². The van der Waals surface area contributed by atoms with Crippen molar-refractivity contribution in [3.8, 4) is 0 Å². The monoisotopic (exact) mass is 130 g/mol. The molecule has 2 atom stereocenters. The van der Waals surface area contributed by atoms with Gasteiger partial charge in [0.2, 0.25) is 0 Å². The zero-order chi connectivity index (χ0) is 6.69. The molecule has 3 nitrogen and oxygen atoms in total. The third-order valence-corrected chi connectivity index (χ3v) is 1.94. The summed E-state index contributed by atoms with van der Waals surface area (Å²) in [7, 11) is 0. The molecule has 0 aromatic rings. The molecular weight excluding hydrogens is 116 g/mol. The molecule has 1 fully saturated rings. The first-order valence-corrected chi connectivity index (χ1v) is 3.49. The van der Waals surface area contributed by atoms with Crippen LogP contribution in [0.15, 0.2) is 0 Å². The van der Waals surface area contributed by atoms with E-state index in [1.165, 1.54) is 6.42 Å². The van der Waals surface area contributed by atoms with Gasteiger partial charge in [-0.3, -0.25) is 11.3 Å². The molecule has 4 N–H and O–H groups in total. The zero-order valence-electron chi connectivity index (χ0n) is 5.51. The van der Waals surface area contributed by atoms with Crippen molar-refractivity contribution in [2.45, 2.75) is 37.8 Å². The second-order valence-electron chi connectivity index (χ2n) is 2.62. The highest BCUT2D eigenvalue weighted by atomic mass is 16.3. The fourth-order valence-electron chi connectivity index (χ4n) is 1.31. The molecule has 3 heteroatoms. The lowest BCUT2D eigenvalue weighted by Crippen LogP contribution is -2.45. The standard InChI is InChI=1S/C6H14N2O/c7-8-5-3-1-2-4-6(5)9/h5-6,8-9H,1-4,7H2/t5-,6+/m0/s1. The Balaban J connectivity index is 2.30. The van der Waals surface area contributed by atoms with Crippen LogP contribution in [0.5, 0.6) is 0 Å². The van der Waals surface area contributed by atoms with Gasteiger partial charge in [0.05, 0.1) is 6.10 Å². The number of hydrazine groups is 1. The molecule has 1 aliphatic rings. The molecule has 0 aliphatic heterocycles. The van der Waals surface area contributed by atoms with Gasteiger partial charge in [-0.25, -0.2) is 0 Å². The normalized spacial score (nSPS) is 36.7. The fourth-order valence-corrected chi connectivity index (χ4v) is 1.31. The second kappa shape index (κ2) is 3.15. The quantitative estimate of drug-likeness (QED) is 0.339. The van der Waals surface area contributed by atoms with Gasteiger partial charge >= 0.3 is 0 Å². The molecule has 0 aromatic heterocycles. The number of aliphatic hydroxyl groups excluding tert-OH is 1. The highest BCUT2D eigenvalue weighted by Crippen LogP contribution is 2.17. The van der Waals surface area contributed by atoms with Crippen LogP contribution in [0.3, 0.4) is 0 Å². The number of nitrogens with two attached hydrogens (primary N) is 1. The van der Waals surface area contributed by atoms with E-state index in [4.69, 9.17) is 5.84 Å². The molecule has 0 aromatic carbocycles. The van der Waals surface area contributed by atoms with Gasteiger partial charge in [0.15, 0.2) is 0 Å². The van der Waals surface area contributed by atoms with Crippen LogP contribution in [0.4, 0.5) is 0 Å². The molecule has 1 saturated carbocycles. The minimum atomic E-state index is -0.219. The van der Waals surface area contributed by atoms with E-state index >= 15 is 0 Å². The van der Waals surface area contributed by atoms with Crippen molar-refractivity contribution in [3.05, 3.63) is 0 Å². The van der Waals surface area contributed by atoms with E-state index < -0.39 is 0 Å². The van der Waals surface area contributed by atoms with Crippen LogP contribution in [0.25, 0.3) is 0 Å². The van der Waals surface area contributed by atoms with Crippen molar-refractivity contribution in [1.82, 2.24) is 5.43 Å². The van der Waals surface area contributed by atoms with E-state index in [0.29, 0.717) is 0 Å². The van der Waals surface area contributed by atoms with E-state index in [-0.39, 0.29) is 12.1 Å². The summed E-state index contributed by atoms with van der Waals surface area (Å²) in [5, 5.41) is 9.23. The summed E-state index contributed by atoms with van der Waals surface area (Å²) < 4.78 is 0. The fraction of sp³-hybridized carbons (Fsp3) is 1.00. The maximum atomic E-state index is 9.23. The Bertz CT molecular complexity index is 87.1. The number of hydrogen-bond donors (Lipinski definition) is 3. The van der Waals surface area contributed by atoms with Gasteiger partial charge < -0.3 is 5.11 Å². The van der Waals surface area contributed by atoms with E-state index in [9.17, 15) is 5.11 Å². The maximum absolute atomic E-state index is 9.23. The van der Waals surface area contributed by atoms with Crippen molar-refractivity contribution in [1.29, 1.82) is 0 Å². The molecule has 1 aliphatic carbocycles. The predicted molar refractivity (Wildman–Crippen MR) is 35.6 cm³/mol. The Morgan fingerprint density at radius 3 is 2.44 bits per heavy atom. The summed E-state index contributed by atoms with van der Waals surface area (Å²) in [6, 6.07) is 0.138. The molecule has 54 valence electrons. The van der Waals surface area contributed by atoms with Crippen molar-refractivity contribution < 1.29 is 5.11 Å². The average Bonchev–Trinajstić information content (AvgIpc) is 1.89. The smallest absolute Gasteiger partial charge is 0.0706 e. The molecule has 0 unspecified atom stereocenters. The van der Waals surface area contributed by atoms with Gasteiger partial charge in [-0.15, -0.1) is 0 Å². The van der Waals surface area contributed by atoms with Crippen LogP contribution in [-0.4, -0.2) is 17.3 Å². The van der Waals surface area contributed by atoms with Crippen LogP contribution < -0.4 is 11.3 Å². The molecule has 0 heterocycles. The topological polar surface area (TPSA) is 58.3 Å². The Hall–Kier alpha value is -0.120. The van der Waals surface area contributed by atoms with E-state index in [2.05, 4.69) is 5.43 Å². The Kier molecular flexibility index (Phi) is 2.45. The highest BCUT2D eigenvalue weighted by molar-refractivity contribution is 4.77. The van der Waals surface area contributed by atoms with Gasteiger partial charge in [-0.05, 0) is 12.8 Å². The third-order valence-electron chi connectivity index (χ3n) is 1.94. The van der Waals surface area contributed by atoms with Crippen LogP contribution >= 0.6 is 0 Å². The van der Waals surface area contributed by atoms with Gasteiger partial charge in [0.1, 0.15) is 0 Å². The first-order valence-electron chi connectivity index (χ1n) is 3.49. The molecule has 0 spiro atoms. The lowest BCUT2D eigenvalue weighted by molar-refractivity contribution is 0.0913. The van der Waals surface area contributed by atoms with Crippen molar-refractivity contribution in [2.24, 2.45) is 5.84 Å². The van der Waals surface area contributed by atoms with Crippen molar-refractivity contribution in [2.75, 3.05) is 0 Å². The maximum Gasteiger partial charge on any atom is 0.0706 e. The number of hydrogen-bond acceptors (Lipinski definition) is 3. The van der Waals surface area contributed by atoms with Gasteiger partial charge in [0, 0.05) is 6.04 Å². The molecular formula is C6H14N2O. The number of aliphatic hydroxyl groups is 1. The van der Waals surface area contributed by atoms with Gasteiger partial charge in [-0.1, -0.05) is 12.8 Å². The van der Waals surface area contributed by atoms with Gasteiger partial charge in [-0.2, -0.15) is 0 Å². The van der Waals surface area contributed by atoms with Gasteiger partial charge in [0.25, 0.3) is 0 Å². The minimum Gasteiger partial charge on any atom is -0.391 e. The van der Waals surface area contributed by atoms with E-state index in [1.807, 2.05) is 0 Å². The molecule has 0 amide bonds. The van der Waals surface area contributed by atoms with E-state index in [0.717, 1.165) is 19.3 Å². The van der Waals surface area contributed by atoms with Crippen LogP contribution in [0.2, 0.25) is 0 Å². The number of nitrogens with one attached hydrogen (secondary N) is 1. The molecule has 0 bridgehead atoms. The summed E-state index contributed by atoms with van der Waals surface area (Å²) in [4.78, 5) is 0. The Morgan fingerprint density at radius 2 is 2.00 bits per heavy atom. The summed E-state index contributed by atoms with van der Waals surface area (Å²) >= 11 is 0. The van der Waals surface area contributed by atoms with Crippen molar-refractivity contribution in [3.63, 3.8) is 0 Å². The summed E-state index contributed by atoms with van der Waals surface area (Å²) in [6.07, 6.45) is 4.02. The molecule has 0 radical (unpaired) electrons. The molecule has 9 heavy (non-hydrogen) atoms. The first kappa shape index (κ1) is 6.99. The minimum absolute atomic E-state index is 0.138. The second-order valence-corrected chi connectivity index (χ2v) is 2.62. The SMILES string of the molecule is NN[C@H]1CCCC[C@H]1O. The predicted octanol–water partition coefficient (Wildman–Crippen LogP) is -0.247. The lowest BCUT2D eigenvalue weighted by atomic mass is 9.93.